The molecule has 3 rings (SSSR count). The minimum atomic E-state index is -3.60. The molecule has 0 aliphatic heterocycles. The van der Waals surface area contributed by atoms with Gasteiger partial charge in [0.2, 0.25) is 0 Å². The van der Waals surface area contributed by atoms with Crippen LogP contribution in [0.25, 0.3) is 0 Å². The van der Waals surface area contributed by atoms with E-state index in [1.54, 1.807) is 11.4 Å². The fraction of sp³-hybridized carbons (Fsp3) is 0.0556. The van der Waals surface area contributed by atoms with Gasteiger partial charge in [0.1, 0.15) is 10.8 Å². The number of carbonyl (C=O) groups excluding carboxylic acids is 1. The fourth-order valence-electron chi connectivity index (χ4n) is 2.10. The SMILES string of the molecule is O=C(OCc1ccccc1)c1ccc(NS(=O)(=O)c2cccs2)cc1. The van der Waals surface area contributed by atoms with Crippen LogP contribution in [-0.2, 0) is 21.4 Å². The lowest BCUT2D eigenvalue weighted by molar-refractivity contribution is 0.0473. The number of sulfonamides is 1. The molecular formula is C18H15NO4S2. The maximum absolute atomic E-state index is 12.1. The van der Waals surface area contributed by atoms with Crippen molar-refractivity contribution in [1.29, 1.82) is 0 Å². The third-order valence-corrected chi connectivity index (χ3v) is 6.12. The van der Waals surface area contributed by atoms with Crippen LogP contribution in [0, 0.1) is 0 Å². The van der Waals surface area contributed by atoms with Crippen molar-refractivity contribution in [1.82, 2.24) is 0 Å². The van der Waals surface area contributed by atoms with Crippen molar-refractivity contribution < 1.29 is 17.9 Å². The van der Waals surface area contributed by atoms with Crippen LogP contribution in [0.5, 0.6) is 0 Å². The quantitative estimate of drug-likeness (QED) is 0.665. The highest BCUT2D eigenvalue weighted by molar-refractivity contribution is 7.94. The van der Waals surface area contributed by atoms with Gasteiger partial charge in [0.15, 0.2) is 0 Å². The largest absolute Gasteiger partial charge is 0.457 e. The molecule has 5 nitrogen and oxygen atoms in total. The van der Waals surface area contributed by atoms with Crippen molar-refractivity contribution in [3.8, 4) is 0 Å². The molecule has 128 valence electrons. The van der Waals surface area contributed by atoms with Gasteiger partial charge in [0.25, 0.3) is 10.0 Å². The van der Waals surface area contributed by atoms with Crippen molar-refractivity contribution in [2.24, 2.45) is 0 Å². The van der Waals surface area contributed by atoms with Gasteiger partial charge in [0.05, 0.1) is 5.56 Å². The van der Waals surface area contributed by atoms with Gasteiger partial charge in [-0.25, -0.2) is 13.2 Å². The molecule has 0 radical (unpaired) electrons. The number of benzene rings is 2. The van der Waals surface area contributed by atoms with Crippen LogP contribution >= 0.6 is 11.3 Å². The normalized spacial score (nSPS) is 11.0. The van der Waals surface area contributed by atoms with Crippen LogP contribution in [0.1, 0.15) is 15.9 Å². The summed E-state index contributed by atoms with van der Waals surface area (Å²) in [6.07, 6.45) is 0. The topological polar surface area (TPSA) is 72.5 Å². The van der Waals surface area contributed by atoms with Gasteiger partial charge < -0.3 is 4.74 Å². The Balaban J connectivity index is 1.63. The second-order valence-corrected chi connectivity index (χ2v) is 8.03. The first-order chi connectivity index (χ1) is 12.0. The summed E-state index contributed by atoms with van der Waals surface area (Å²) >= 11 is 1.14. The Hall–Kier alpha value is -2.64. The Morgan fingerprint density at radius 3 is 2.32 bits per heavy atom. The number of nitrogens with one attached hydrogen (secondary N) is 1. The lowest BCUT2D eigenvalue weighted by atomic mass is 10.2. The van der Waals surface area contributed by atoms with Crippen molar-refractivity contribution in [2.75, 3.05) is 4.72 Å². The molecule has 2 aromatic carbocycles. The fourth-order valence-corrected chi connectivity index (χ4v) is 4.15. The second-order valence-electron chi connectivity index (χ2n) is 5.18. The summed E-state index contributed by atoms with van der Waals surface area (Å²) in [7, 11) is -3.60. The summed E-state index contributed by atoms with van der Waals surface area (Å²) in [4.78, 5) is 12.0. The van der Waals surface area contributed by atoms with Crippen molar-refractivity contribution >= 4 is 33.0 Å². The number of esters is 1. The summed E-state index contributed by atoms with van der Waals surface area (Å²) in [6.45, 7) is 0.187. The lowest BCUT2D eigenvalue weighted by Gasteiger charge is -2.08. The average Bonchev–Trinajstić information content (AvgIpc) is 3.17. The molecule has 0 amide bonds. The van der Waals surface area contributed by atoms with Gasteiger partial charge in [-0.3, -0.25) is 4.72 Å². The van der Waals surface area contributed by atoms with Crippen LogP contribution in [0.4, 0.5) is 5.69 Å². The number of anilines is 1. The number of hydrogen-bond acceptors (Lipinski definition) is 5. The van der Waals surface area contributed by atoms with Gasteiger partial charge in [-0.05, 0) is 41.3 Å². The maximum Gasteiger partial charge on any atom is 0.338 e. The van der Waals surface area contributed by atoms with E-state index >= 15 is 0 Å². The van der Waals surface area contributed by atoms with Crippen LogP contribution in [0.3, 0.4) is 0 Å². The molecule has 0 aliphatic carbocycles. The van der Waals surface area contributed by atoms with Crippen LogP contribution < -0.4 is 4.72 Å². The molecular weight excluding hydrogens is 358 g/mol. The number of hydrogen-bond donors (Lipinski definition) is 1. The number of rotatable bonds is 6. The molecule has 0 saturated heterocycles. The first-order valence-corrected chi connectivity index (χ1v) is 9.78. The number of ether oxygens (including phenoxy) is 1. The molecule has 0 saturated carbocycles. The number of thiophene rings is 1. The Bertz CT molecular complexity index is 935. The van der Waals surface area contributed by atoms with Crippen LogP contribution in [0.2, 0.25) is 0 Å². The molecule has 0 unspecified atom stereocenters. The van der Waals surface area contributed by atoms with E-state index in [1.165, 1.54) is 30.3 Å². The summed E-state index contributed by atoms with van der Waals surface area (Å²) < 4.78 is 32.2. The molecule has 1 N–H and O–H groups in total. The van der Waals surface area contributed by atoms with Crippen LogP contribution in [0.15, 0.2) is 76.3 Å². The van der Waals surface area contributed by atoms with E-state index in [1.807, 2.05) is 30.3 Å². The minimum absolute atomic E-state index is 0.187. The highest BCUT2D eigenvalue weighted by Crippen LogP contribution is 2.20. The van der Waals surface area contributed by atoms with E-state index in [2.05, 4.69) is 4.72 Å². The first kappa shape index (κ1) is 17.2. The third-order valence-electron chi connectivity index (χ3n) is 3.35. The summed E-state index contributed by atoms with van der Waals surface area (Å²) in [5, 5.41) is 1.69. The van der Waals surface area contributed by atoms with Gasteiger partial charge in [-0.15, -0.1) is 11.3 Å². The van der Waals surface area contributed by atoms with E-state index < -0.39 is 16.0 Å². The molecule has 25 heavy (non-hydrogen) atoms. The Morgan fingerprint density at radius 2 is 1.68 bits per heavy atom. The lowest BCUT2D eigenvalue weighted by Crippen LogP contribution is -2.11. The van der Waals surface area contributed by atoms with E-state index in [9.17, 15) is 13.2 Å². The van der Waals surface area contributed by atoms with Crippen molar-refractivity contribution in [2.45, 2.75) is 10.8 Å². The monoisotopic (exact) mass is 373 g/mol. The molecule has 0 aliphatic rings. The molecule has 0 atom stereocenters. The second kappa shape index (κ2) is 7.50. The maximum atomic E-state index is 12.1. The van der Waals surface area contributed by atoms with E-state index in [4.69, 9.17) is 4.74 Å². The summed E-state index contributed by atoms with van der Waals surface area (Å²) in [6, 6.07) is 18.7. The molecule has 1 heterocycles. The predicted molar refractivity (Wildman–Crippen MR) is 97.1 cm³/mol. The number of carbonyl (C=O) groups is 1. The van der Waals surface area contributed by atoms with Gasteiger partial charge in [-0.2, -0.15) is 0 Å². The highest BCUT2D eigenvalue weighted by Gasteiger charge is 2.15. The average molecular weight is 373 g/mol. The summed E-state index contributed by atoms with van der Waals surface area (Å²) in [5.41, 5.74) is 1.64. The Labute approximate surface area is 150 Å². The molecule has 1 aromatic heterocycles. The Kier molecular flexibility index (Phi) is 5.16. The molecule has 0 spiro atoms. The smallest absolute Gasteiger partial charge is 0.338 e. The predicted octanol–water partition coefficient (Wildman–Crippen LogP) is 3.91. The van der Waals surface area contributed by atoms with Crippen molar-refractivity contribution in [3.05, 3.63) is 83.2 Å². The summed E-state index contributed by atoms with van der Waals surface area (Å²) in [5.74, 6) is -0.462. The highest BCUT2D eigenvalue weighted by atomic mass is 32.2. The van der Waals surface area contributed by atoms with Crippen LogP contribution in [-0.4, -0.2) is 14.4 Å². The van der Waals surface area contributed by atoms with E-state index in [0.29, 0.717) is 11.3 Å². The van der Waals surface area contributed by atoms with Gasteiger partial charge in [0, 0.05) is 5.69 Å². The van der Waals surface area contributed by atoms with Crippen molar-refractivity contribution in [3.63, 3.8) is 0 Å². The first-order valence-electron chi connectivity index (χ1n) is 7.42. The zero-order chi connectivity index (χ0) is 17.7. The van der Waals surface area contributed by atoms with Gasteiger partial charge >= 0.3 is 5.97 Å². The Morgan fingerprint density at radius 1 is 0.960 bits per heavy atom. The standard InChI is InChI=1S/C18H15NO4S2/c20-18(23-13-14-5-2-1-3-6-14)15-8-10-16(11-9-15)19-25(21,22)17-7-4-12-24-17/h1-12,19H,13H2. The third kappa shape index (κ3) is 4.46. The van der Waals surface area contributed by atoms with E-state index in [-0.39, 0.29) is 10.8 Å². The molecule has 0 bridgehead atoms. The minimum Gasteiger partial charge on any atom is -0.457 e. The molecule has 3 aromatic rings. The zero-order valence-electron chi connectivity index (χ0n) is 13.1. The molecule has 7 heteroatoms. The molecule has 0 fully saturated rings. The van der Waals surface area contributed by atoms with E-state index in [0.717, 1.165) is 16.9 Å². The van der Waals surface area contributed by atoms with Gasteiger partial charge in [-0.1, -0.05) is 36.4 Å². The zero-order valence-corrected chi connectivity index (χ0v) is 14.7.